The van der Waals surface area contributed by atoms with Crippen molar-refractivity contribution in [1.82, 2.24) is 24.4 Å². The largest absolute Gasteiger partial charge is 0.353 e. The minimum Gasteiger partial charge on any atom is -0.353 e. The Kier molecular flexibility index (Phi) is 5.40. The smallest absolute Gasteiger partial charge is 0.254 e. The van der Waals surface area contributed by atoms with E-state index in [0.29, 0.717) is 12.2 Å². The predicted molar refractivity (Wildman–Crippen MR) is 84.1 cm³/mol. The second kappa shape index (κ2) is 7.48. The highest BCUT2D eigenvalue weighted by Gasteiger charge is 2.07. The van der Waals surface area contributed by atoms with Crippen LogP contribution >= 0.6 is 0 Å². The Balaban J connectivity index is 1.89. The van der Waals surface area contributed by atoms with Crippen molar-refractivity contribution >= 4 is 5.91 Å². The third-order valence-corrected chi connectivity index (χ3v) is 3.27. The lowest BCUT2D eigenvalue weighted by atomic mass is 10.1. The van der Waals surface area contributed by atoms with E-state index in [-0.39, 0.29) is 36.0 Å². The molecule has 0 fully saturated rings. The Morgan fingerprint density at radius 3 is 2.65 bits per heavy atom. The highest BCUT2D eigenvalue weighted by Crippen LogP contribution is 2.06. The fourth-order valence-electron chi connectivity index (χ4n) is 1.95. The molecule has 0 aliphatic rings. The average Bonchev–Trinajstić information content (AvgIpc) is 2.51. The summed E-state index contributed by atoms with van der Waals surface area (Å²) in [4.78, 5) is 43.2. The van der Waals surface area contributed by atoms with Crippen molar-refractivity contribution in [1.29, 1.82) is 0 Å². The molecule has 122 valence electrons. The zero-order valence-corrected chi connectivity index (χ0v) is 13.1. The Hall–Kier alpha value is -2.77. The number of carbonyl (C=O) groups is 1. The maximum atomic E-state index is 11.9. The van der Waals surface area contributed by atoms with Gasteiger partial charge in [0.2, 0.25) is 5.91 Å². The minimum atomic E-state index is -0.317. The van der Waals surface area contributed by atoms with Crippen molar-refractivity contribution in [3.05, 3.63) is 57.4 Å². The Morgan fingerprint density at radius 2 is 2.00 bits per heavy atom. The number of carbonyl (C=O) groups excluding carboxylic acids is 1. The molecule has 2 aromatic rings. The standard InChI is InChI=1S/C15H19N5O3/c1-11(2)12-7-15(23)20(10-18-12)8-13(21)17-5-6-19-9-16-4-3-14(19)22/h3-4,7,9-11H,5-6,8H2,1-2H3,(H,17,21). The minimum absolute atomic E-state index is 0.105. The first-order valence-electron chi connectivity index (χ1n) is 7.31. The summed E-state index contributed by atoms with van der Waals surface area (Å²) in [6, 6.07) is 2.79. The maximum Gasteiger partial charge on any atom is 0.254 e. The van der Waals surface area contributed by atoms with Crippen LogP contribution in [0.1, 0.15) is 25.5 Å². The molecular formula is C15H19N5O3. The van der Waals surface area contributed by atoms with Crippen LogP contribution in [0.25, 0.3) is 0 Å². The first kappa shape index (κ1) is 16.6. The van der Waals surface area contributed by atoms with Crippen LogP contribution in [-0.4, -0.2) is 31.6 Å². The fraction of sp³-hybridized carbons (Fsp3) is 0.400. The molecule has 2 heterocycles. The van der Waals surface area contributed by atoms with Gasteiger partial charge in [-0.3, -0.25) is 23.5 Å². The summed E-state index contributed by atoms with van der Waals surface area (Å²) in [5.74, 6) is -0.160. The van der Waals surface area contributed by atoms with Gasteiger partial charge in [-0.2, -0.15) is 0 Å². The molecule has 0 atom stereocenters. The number of nitrogens with one attached hydrogen (secondary N) is 1. The molecule has 0 unspecified atom stereocenters. The second-order valence-electron chi connectivity index (χ2n) is 5.40. The number of hydrogen-bond acceptors (Lipinski definition) is 5. The van der Waals surface area contributed by atoms with Crippen molar-refractivity contribution in [2.45, 2.75) is 32.9 Å². The number of aromatic nitrogens is 4. The Morgan fingerprint density at radius 1 is 1.22 bits per heavy atom. The zero-order chi connectivity index (χ0) is 16.8. The number of hydrogen-bond donors (Lipinski definition) is 1. The maximum absolute atomic E-state index is 11.9. The van der Waals surface area contributed by atoms with Crippen molar-refractivity contribution in [2.24, 2.45) is 0 Å². The molecule has 0 aliphatic carbocycles. The molecule has 1 amide bonds. The molecule has 0 aromatic carbocycles. The van der Waals surface area contributed by atoms with Gasteiger partial charge in [0.05, 0.1) is 18.3 Å². The summed E-state index contributed by atoms with van der Waals surface area (Å²) in [6.07, 6.45) is 4.20. The van der Waals surface area contributed by atoms with Gasteiger partial charge in [0.15, 0.2) is 0 Å². The molecule has 8 nitrogen and oxygen atoms in total. The summed E-state index contributed by atoms with van der Waals surface area (Å²) in [6.45, 7) is 4.37. The van der Waals surface area contributed by atoms with Crippen LogP contribution in [0.4, 0.5) is 0 Å². The molecule has 8 heteroatoms. The monoisotopic (exact) mass is 317 g/mol. The lowest BCUT2D eigenvalue weighted by Crippen LogP contribution is -2.35. The lowest BCUT2D eigenvalue weighted by molar-refractivity contribution is -0.121. The summed E-state index contributed by atoms with van der Waals surface area (Å²) in [7, 11) is 0. The molecule has 2 rings (SSSR count). The van der Waals surface area contributed by atoms with Gasteiger partial charge in [-0.05, 0) is 5.92 Å². The lowest BCUT2D eigenvalue weighted by Gasteiger charge is -2.09. The summed E-state index contributed by atoms with van der Waals surface area (Å²) < 4.78 is 2.64. The molecule has 0 radical (unpaired) electrons. The first-order chi connectivity index (χ1) is 11.0. The van der Waals surface area contributed by atoms with E-state index in [1.165, 1.54) is 40.1 Å². The molecule has 0 bridgehead atoms. The van der Waals surface area contributed by atoms with E-state index in [9.17, 15) is 14.4 Å². The Bertz CT molecular complexity index is 794. The van der Waals surface area contributed by atoms with Gasteiger partial charge >= 0.3 is 0 Å². The third kappa shape index (κ3) is 4.60. The van der Waals surface area contributed by atoms with Gasteiger partial charge in [-0.25, -0.2) is 9.97 Å². The van der Waals surface area contributed by atoms with Crippen molar-refractivity contribution in [3.63, 3.8) is 0 Å². The quantitative estimate of drug-likeness (QED) is 0.791. The summed E-state index contributed by atoms with van der Waals surface area (Å²) in [5.41, 5.74) is 0.254. The zero-order valence-electron chi connectivity index (χ0n) is 13.1. The highest BCUT2D eigenvalue weighted by molar-refractivity contribution is 5.75. The number of nitrogens with zero attached hydrogens (tertiary/aromatic N) is 4. The number of amides is 1. The summed E-state index contributed by atoms with van der Waals surface area (Å²) >= 11 is 0. The molecule has 0 saturated heterocycles. The second-order valence-corrected chi connectivity index (χ2v) is 5.40. The predicted octanol–water partition coefficient (Wildman–Crippen LogP) is -0.260. The number of rotatable bonds is 6. The summed E-state index contributed by atoms with van der Waals surface area (Å²) in [5, 5.41) is 2.66. The van der Waals surface area contributed by atoms with E-state index in [0.717, 1.165) is 0 Å². The molecule has 1 N–H and O–H groups in total. The Labute approximate surface area is 132 Å². The highest BCUT2D eigenvalue weighted by atomic mass is 16.2. The van der Waals surface area contributed by atoms with Gasteiger partial charge in [-0.15, -0.1) is 0 Å². The van der Waals surface area contributed by atoms with Crippen LogP contribution in [0.3, 0.4) is 0 Å². The van der Waals surface area contributed by atoms with Crippen LogP contribution in [0.15, 0.2) is 40.6 Å². The average molecular weight is 317 g/mol. The van der Waals surface area contributed by atoms with Gasteiger partial charge < -0.3 is 5.32 Å². The van der Waals surface area contributed by atoms with Crippen LogP contribution in [0, 0.1) is 0 Å². The van der Waals surface area contributed by atoms with E-state index >= 15 is 0 Å². The van der Waals surface area contributed by atoms with Gasteiger partial charge in [0.1, 0.15) is 6.54 Å². The molecule has 23 heavy (non-hydrogen) atoms. The van der Waals surface area contributed by atoms with Gasteiger partial charge in [-0.1, -0.05) is 13.8 Å². The van der Waals surface area contributed by atoms with E-state index < -0.39 is 0 Å². The van der Waals surface area contributed by atoms with Crippen LogP contribution < -0.4 is 16.4 Å². The van der Waals surface area contributed by atoms with E-state index in [1.807, 2.05) is 13.8 Å². The van der Waals surface area contributed by atoms with E-state index in [2.05, 4.69) is 15.3 Å². The van der Waals surface area contributed by atoms with E-state index in [4.69, 9.17) is 0 Å². The van der Waals surface area contributed by atoms with E-state index in [1.54, 1.807) is 0 Å². The van der Waals surface area contributed by atoms with Crippen LogP contribution in [0.2, 0.25) is 0 Å². The van der Waals surface area contributed by atoms with Crippen molar-refractivity contribution in [3.8, 4) is 0 Å². The molecule has 0 aliphatic heterocycles. The van der Waals surface area contributed by atoms with Crippen molar-refractivity contribution < 1.29 is 4.79 Å². The first-order valence-corrected chi connectivity index (χ1v) is 7.31. The van der Waals surface area contributed by atoms with Gasteiger partial charge in [0, 0.05) is 31.4 Å². The topological polar surface area (TPSA) is 98.9 Å². The molecule has 0 spiro atoms. The van der Waals surface area contributed by atoms with Crippen LogP contribution in [0.5, 0.6) is 0 Å². The molecule has 0 saturated carbocycles. The van der Waals surface area contributed by atoms with Gasteiger partial charge in [0.25, 0.3) is 11.1 Å². The normalized spacial score (nSPS) is 10.7. The fourth-order valence-corrected chi connectivity index (χ4v) is 1.95. The molecular weight excluding hydrogens is 298 g/mol. The van der Waals surface area contributed by atoms with Crippen LogP contribution in [-0.2, 0) is 17.9 Å². The van der Waals surface area contributed by atoms with Crippen molar-refractivity contribution in [2.75, 3.05) is 6.54 Å². The third-order valence-electron chi connectivity index (χ3n) is 3.27. The molecule has 2 aromatic heterocycles. The SMILES string of the molecule is CC(C)c1cc(=O)n(CC(=O)NCCn2cnccc2=O)cn1.